The highest BCUT2D eigenvalue weighted by Crippen LogP contribution is 2.11. The van der Waals surface area contributed by atoms with Gasteiger partial charge in [0.1, 0.15) is 17.3 Å². The highest BCUT2D eigenvalue weighted by molar-refractivity contribution is 5.94. The van der Waals surface area contributed by atoms with E-state index in [1.807, 2.05) is 0 Å². The maximum absolute atomic E-state index is 13.6. The van der Waals surface area contributed by atoms with Gasteiger partial charge in [0.05, 0.1) is 19.5 Å². The predicted molar refractivity (Wildman–Crippen MR) is 83.7 cm³/mol. The molecule has 1 aromatic heterocycles. The van der Waals surface area contributed by atoms with Crippen LogP contribution in [0.4, 0.5) is 4.39 Å². The molecule has 0 saturated heterocycles. The Morgan fingerprint density at radius 2 is 2.00 bits per heavy atom. The Kier molecular flexibility index (Phi) is 5.19. The molecule has 120 valence electrons. The van der Waals surface area contributed by atoms with Crippen molar-refractivity contribution in [2.75, 3.05) is 21.2 Å². The molecule has 0 unspecified atom stereocenters. The summed E-state index contributed by atoms with van der Waals surface area (Å²) in [5.74, 6) is -0.0548. The van der Waals surface area contributed by atoms with Gasteiger partial charge in [0.25, 0.3) is 0 Å². The van der Waals surface area contributed by atoms with E-state index in [4.69, 9.17) is 15.0 Å². The van der Waals surface area contributed by atoms with Crippen molar-refractivity contribution in [3.63, 3.8) is 0 Å². The number of aromatic nitrogens is 2. The molecule has 8 heteroatoms. The first kappa shape index (κ1) is 16.3. The molecule has 0 amide bonds. The number of oxime groups is 1. The van der Waals surface area contributed by atoms with Crippen LogP contribution in [0.5, 0.6) is 11.8 Å². The monoisotopic (exact) mass is 317 g/mol. The van der Waals surface area contributed by atoms with E-state index in [1.165, 1.54) is 11.1 Å². The Bertz CT molecular complexity index is 716. The summed E-state index contributed by atoms with van der Waals surface area (Å²) in [6.45, 7) is 0. The predicted octanol–water partition coefficient (Wildman–Crippen LogP) is 1.92. The fourth-order valence-corrected chi connectivity index (χ4v) is 1.60. The SMILES string of the molecule is COc1ccc(/C=N/Oc2ncc(F)c(C(=N)N(C)C)n2)cc1. The van der Waals surface area contributed by atoms with Crippen molar-refractivity contribution in [2.24, 2.45) is 5.16 Å². The van der Waals surface area contributed by atoms with E-state index in [1.54, 1.807) is 45.5 Å². The molecule has 1 heterocycles. The first-order chi connectivity index (χ1) is 11.0. The van der Waals surface area contributed by atoms with E-state index >= 15 is 0 Å². The van der Waals surface area contributed by atoms with Crippen LogP contribution in [0.1, 0.15) is 11.3 Å². The van der Waals surface area contributed by atoms with E-state index in [2.05, 4.69) is 15.1 Å². The summed E-state index contributed by atoms with van der Waals surface area (Å²) in [7, 11) is 4.82. The third kappa shape index (κ3) is 4.22. The standard InChI is InChI=1S/C15H16FN5O2/c1-21(2)14(17)13-12(16)9-18-15(20-13)23-19-8-10-4-6-11(22-3)7-5-10/h4-9,17H,1-3H3/b17-14?,19-8+. The fourth-order valence-electron chi connectivity index (χ4n) is 1.60. The lowest BCUT2D eigenvalue weighted by molar-refractivity contribution is 0.312. The molecule has 2 aromatic rings. The summed E-state index contributed by atoms with van der Waals surface area (Å²) in [6.07, 6.45) is 2.40. The van der Waals surface area contributed by atoms with Gasteiger partial charge in [-0.05, 0) is 29.8 Å². The molecular weight excluding hydrogens is 301 g/mol. The van der Waals surface area contributed by atoms with Crippen molar-refractivity contribution >= 4 is 12.1 Å². The highest BCUT2D eigenvalue weighted by Gasteiger charge is 2.14. The molecule has 0 saturated carbocycles. The number of hydrogen-bond acceptors (Lipinski definition) is 6. The molecule has 0 atom stereocenters. The molecule has 7 nitrogen and oxygen atoms in total. The number of nitrogens with one attached hydrogen (secondary N) is 1. The van der Waals surface area contributed by atoms with Crippen LogP contribution in [0, 0.1) is 11.2 Å². The Labute approximate surface area is 132 Å². The molecule has 0 aliphatic rings. The molecule has 1 aromatic carbocycles. The Balaban J connectivity index is 2.09. The normalized spacial score (nSPS) is 10.6. The number of amidine groups is 1. The summed E-state index contributed by atoms with van der Waals surface area (Å²) < 4.78 is 18.7. The van der Waals surface area contributed by atoms with Crippen molar-refractivity contribution in [1.29, 1.82) is 5.41 Å². The lowest BCUT2D eigenvalue weighted by atomic mass is 10.2. The van der Waals surface area contributed by atoms with Gasteiger partial charge in [0, 0.05) is 14.1 Å². The number of rotatable bonds is 5. The van der Waals surface area contributed by atoms with Gasteiger partial charge in [-0.15, -0.1) is 0 Å². The van der Waals surface area contributed by atoms with E-state index in [9.17, 15) is 4.39 Å². The first-order valence-corrected chi connectivity index (χ1v) is 6.64. The van der Waals surface area contributed by atoms with Crippen LogP contribution in [0.15, 0.2) is 35.6 Å². The topological polar surface area (TPSA) is 83.7 Å². The summed E-state index contributed by atoms with van der Waals surface area (Å²) in [5, 5.41) is 11.5. The Morgan fingerprint density at radius 1 is 1.30 bits per heavy atom. The van der Waals surface area contributed by atoms with Gasteiger partial charge >= 0.3 is 6.01 Å². The van der Waals surface area contributed by atoms with Crippen molar-refractivity contribution < 1.29 is 14.0 Å². The van der Waals surface area contributed by atoms with E-state index < -0.39 is 5.82 Å². The smallest absolute Gasteiger partial charge is 0.346 e. The van der Waals surface area contributed by atoms with Gasteiger partial charge < -0.3 is 14.5 Å². The van der Waals surface area contributed by atoms with Crippen molar-refractivity contribution in [3.8, 4) is 11.8 Å². The maximum Gasteiger partial charge on any atom is 0.346 e. The molecule has 0 aliphatic heterocycles. The molecule has 0 fully saturated rings. The first-order valence-electron chi connectivity index (χ1n) is 6.64. The van der Waals surface area contributed by atoms with Crippen LogP contribution in [-0.2, 0) is 0 Å². The minimum absolute atomic E-state index is 0.0890. The zero-order valence-electron chi connectivity index (χ0n) is 12.9. The van der Waals surface area contributed by atoms with Gasteiger partial charge in [-0.3, -0.25) is 5.41 Å². The van der Waals surface area contributed by atoms with Crippen molar-refractivity contribution in [2.45, 2.75) is 0 Å². The van der Waals surface area contributed by atoms with Crippen LogP contribution < -0.4 is 9.57 Å². The average molecular weight is 317 g/mol. The molecule has 23 heavy (non-hydrogen) atoms. The molecule has 0 spiro atoms. The minimum atomic E-state index is -0.699. The third-order valence-corrected chi connectivity index (χ3v) is 2.85. The number of methoxy groups -OCH3 is 1. The zero-order valence-corrected chi connectivity index (χ0v) is 12.9. The molecular formula is C15H16FN5O2. The number of halogens is 1. The number of benzene rings is 1. The Morgan fingerprint density at radius 3 is 2.61 bits per heavy atom. The quantitative estimate of drug-likeness (QED) is 0.517. The molecule has 0 aliphatic carbocycles. The van der Waals surface area contributed by atoms with Gasteiger partial charge in [0.15, 0.2) is 5.82 Å². The second-order valence-electron chi connectivity index (χ2n) is 4.69. The fraction of sp³-hybridized carbons (Fsp3) is 0.200. The Hall–Kier alpha value is -3.03. The minimum Gasteiger partial charge on any atom is -0.497 e. The molecule has 0 bridgehead atoms. The molecule has 1 N–H and O–H groups in total. The van der Waals surface area contributed by atoms with Gasteiger partial charge in [-0.1, -0.05) is 5.16 Å². The van der Waals surface area contributed by atoms with Gasteiger partial charge in [-0.25, -0.2) is 4.39 Å². The van der Waals surface area contributed by atoms with Crippen LogP contribution in [0.25, 0.3) is 0 Å². The van der Waals surface area contributed by atoms with Crippen molar-refractivity contribution in [1.82, 2.24) is 14.9 Å². The van der Waals surface area contributed by atoms with E-state index in [0.717, 1.165) is 17.5 Å². The molecule has 2 rings (SSSR count). The lowest BCUT2D eigenvalue weighted by Crippen LogP contribution is -2.24. The van der Waals surface area contributed by atoms with Crippen LogP contribution in [-0.4, -0.2) is 48.1 Å². The van der Waals surface area contributed by atoms with Crippen LogP contribution in [0.3, 0.4) is 0 Å². The summed E-state index contributed by atoms with van der Waals surface area (Å²) >= 11 is 0. The van der Waals surface area contributed by atoms with Gasteiger partial charge in [-0.2, -0.15) is 9.97 Å². The van der Waals surface area contributed by atoms with Crippen LogP contribution in [0.2, 0.25) is 0 Å². The van der Waals surface area contributed by atoms with E-state index in [-0.39, 0.29) is 17.5 Å². The van der Waals surface area contributed by atoms with Gasteiger partial charge in [0.2, 0.25) is 0 Å². The third-order valence-electron chi connectivity index (χ3n) is 2.85. The highest BCUT2D eigenvalue weighted by atomic mass is 19.1. The second-order valence-corrected chi connectivity index (χ2v) is 4.69. The summed E-state index contributed by atoms with van der Waals surface area (Å²) in [6, 6.07) is 7.02. The largest absolute Gasteiger partial charge is 0.497 e. The summed E-state index contributed by atoms with van der Waals surface area (Å²) in [5.41, 5.74) is 0.633. The van der Waals surface area contributed by atoms with Crippen LogP contribution >= 0.6 is 0 Å². The number of nitrogens with zero attached hydrogens (tertiary/aromatic N) is 4. The maximum atomic E-state index is 13.6. The molecule has 0 radical (unpaired) electrons. The zero-order chi connectivity index (χ0) is 16.8. The second kappa shape index (κ2) is 7.30. The number of hydrogen-bond donors (Lipinski definition) is 1. The lowest BCUT2D eigenvalue weighted by Gasteiger charge is -2.13. The van der Waals surface area contributed by atoms with E-state index in [0.29, 0.717) is 0 Å². The summed E-state index contributed by atoms with van der Waals surface area (Å²) in [4.78, 5) is 14.0. The number of ether oxygens (including phenoxy) is 1. The average Bonchev–Trinajstić information content (AvgIpc) is 2.56. The van der Waals surface area contributed by atoms with Crippen molar-refractivity contribution in [3.05, 3.63) is 47.5 Å².